The Morgan fingerprint density at radius 3 is 2.50 bits per heavy atom. The highest BCUT2D eigenvalue weighted by atomic mass is 32.1. The third-order valence-electron chi connectivity index (χ3n) is 4.20. The van der Waals surface area contributed by atoms with E-state index < -0.39 is 6.04 Å². The Morgan fingerprint density at radius 1 is 1.12 bits per heavy atom. The molecule has 2 aromatic rings. The molecule has 0 unspecified atom stereocenters. The molecule has 0 aliphatic heterocycles. The number of hydrogen-bond acceptors (Lipinski definition) is 5. The van der Waals surface area contributed by atoms with Gasteiger partial charge in [-0.25, -0.2) is 0 Å². The van der Waals surface area contributed by atoms with Gasteiger partial charge >= 0.3 is 0 Å². The fourth-order valence-electron chi connectivity index (χ4n) is 2.55. The first-order chi connectivity index (χ1) is 12.5. The van der Waals surface area contributed by atoms with Crippen molar-refractivity contribution in [3.05, 3.63) is 30.3 Å². The maximum Gasteiger partial charge on any atom is 0.248 e. The summed E-state index contributed by atoms with van der Waals surface area (Å²) in [5.74, 6) is -0.401. The molecule has 0 fully saturated rings. The summed E-state index contributed by atoms with van der Waals surface area (Å²) in [4.78, 5) is 24.7. The van der Waals surface area contributed by atoms with Gasteiger partial charge in [0.05, 0.1) is 0 Å². The molecule has 0 spiro atoms. The molecular weight excluding hydrogens is 348 g/mol. The van der Waals surface area contributed by atoms with Crippen LogP contribution in [0.5, 0.6) is 0 Å². The van der Waals surface area contributed by atoms with Gasteiger partial charge in [0.1, 0.15) is 11.0 Å². The van der Waals surface area contributed by atoms with Gasteiger partial charge in [-0.05, 0) is 19.8 Å². The summed E-state index contributed by atoms with van der Waals surface area (Å²) >= 11 is 1.31. The molecular formula is C19H26N4O2S. The van der Waals surface area contributed by atoms with E-state index in [-0.39, 0.29) is 17.7 Å². The Bertz CT molecular complexity index is 717. The lowest BCUT2D eigenvalue weighted by Crippen LogP contribution is -2.44. The summed E-state index contributed by atoms with van der Waals surface area (Å²) < 4.78 is 0. The average molecular weight is 375 g/mol. The zero-order valence-electron chi connectivity index (χ0n) is 15.5. The van der Waals surface area contributed by atoms with Crippen LogP contribution in [0.25, 0.3) is 10.6 Å². The van der Waals surface area contributed by atoms with Crippen molar-refractivity contribution in [2.75, 3.05) is 5.32 Å². The van der Waals surface area contributed by atoms with Gasteiger partial charge in [0.2, 0.25) is 16.9 Å². The number of benzene rings is 1. The first kappa shape index (κ1) is 20.0. The minimum atomic E-state index is -0.623. The number of anilines is 1. The predicted octanol–water partition coefficient (Wildman–Crippen LogP) is 3.86. The van der Waals surface area contributed by atoms with Crippen molar-refractivity contribution < 1.29 is 9.59 Å². The lowest BCUT2D eigenvalue weighted by molar-refractivity contribution is -0.129. The lowest BCUT2D eigenvalue weighted by atomic mass is 9.98. The van der Waals surface area contributed by atoms with Crippen molar-refractivity contribution in [1.29, 1.82) is 0 Å². The van der Waals surface area contributed by atoms with Crippen LogP contribution >= 0.6 is 11.3 Å². The van der Waals surface area contributed by atoms with Gasteiger partial charge in [-0.1, -0.05) is 68.4 Å². The molecule has 2 rings (SSSR count). The SMILES string of the molecule is CCCC[C@H](CC)C(=O)N[C@H](C)C(=O)Nc1nnc(-c2ccccc2)s1. The van der Waals surface area contributed by atoms with Crippen molar-refractivity contribution in [1.82, 2.24) is 15.5 Å². The van der Waals surface area contributed by atoms with Gasteiger partial charge in [0.15, 0.2) is 0 Å². The summed E-state index contributed by atoms with van der Waals surface area (Å²) in [7, 11) is 0. The molecule has 26 heavy (non-hydrogen) atoms. The molecule has 2 amide bonds. The van der Waals surface area contributed by atoms with Crippen LogP contribution in [0.2, 0.25) is 0 Å². The predicted molar refractivity (Wildman–Crippen MR) is 105 cm³/mol. The smallest absolute Gasteiger partial charge is 0.248 e. The molecule has 0 bridgehead atoms. The number of rotatable bonds is 9. The molecule has 1 aromatic heterocycles. The molecule has 1 aromatic carbocycles. The molecule has 2 N–H and O–H groups in total. The van der Waals surface area contributed by atoms with Crippen molar-refractivity contribution in [2.45, 2.75) is 52.5 Å². The molecule has 6 nitrogen and oxygen atoms in total. The van der Waals surface area contributed by atoms with Gasteiger partial charge in [0, 0.05) is 11.5 Å². The number of hydrogen-bond donors (Lipinski definition) is 2. The quantitative estimate of drug-likeness (QED) is 0.698. The topological polar surface area (TPSA) is 84.0 Å². The largest absolute Gasteiger partial charge is 0.344 e. The fourth-order valence-corrected chi connectivity index (χ4v) is 3.30. The van der Waals surface area contributed by atoms with Gasteiger partial charge in [-0.3, -0.25) is 14.9 Å². The van der Waals surface area contributed by atoms with Crippen LogP contribution < -0.4 is 10.6 Å². The van der Waals surface area contributed by atoms with Crippen molar-refractivity contribution in [3.63, 3.8) is 0 Å². The number of aromatic nitrogens is 2. The van der Waals surface area contributed by atoms with Gasteiger partial charge in [0.25, 0.3) is 0 Å². The lowest BCUT2D eigenvalue weighted by Gasteiger charge is -2.18. The number of carbonyl (C=O) groups excluding carboxylic acids is 2. The molecule has 1 heterocycles. The summed E-state index contributed by atoms with van der Waals surface area (Å²) in [6, 6.07) is 9.04. The normalized spacial score (nSPS) is 13.0. The van der Waals surface area contributed by atoms with Crippen LogP contribution in [-0.2, 0) is 9.59 Å². The van der Waals surface area contributed by atoms with Gasteiger partial charge in [-0.2, -0.15) is 0 Å². The Kier molecular flexibility index (Phi) is 7.72. The second kappa shape index (κ2) is 10.0. The molecule has 2 atom stereocenters. The van der Waals surface area contributed by atoms with E-state index in [0.717, 1.165) is 36.3 Å². The fraction of sp³-hybridized carbons (Fsp3) is 0.474. The van der Waals surface area contributed by atoms with Crippen LogP contribution in [-0.4, -0.2) is 28.1 Å². The van der Waals surface area contributed by atoms with E-state index in [9.17, 15) is 9.59 Å². The molecule has 0 saturated heterocycles. The van der Waals surface area contributed by atoms with Crippen molar-refractivity contribution in [2.24, 2.45) is 5.92 Å². The molecule has 0 saturated carbocycles. The minimum Gasteiger partial charge on any atom is -0.344 e. The third-order valence-corrected chi connectivity index (χ3v) is 5.09. The summed E-state index contributed by atoms with van der Waals surface area (Å²) in [6.07, 6.45) is 3.70. The third kappa shape index (κ3) is 5.62. The van der Waals surface area contributed by atoms with Crippen LogP contribution in [0.1, 0.15) is 46.5 Å². The average Bonchev–Trinajstić information content (AvgIpc) is 3.11. The molecule has 7 heteroatoms. The summed E-state index contributed by atoms with van der Waals surface area (Å²) in [5, 5.41) is 14.8. The minimum absolute atomic E-state index is 0.0450. The number of carbonyl (C=O) groups is 2. The number of unbranched alkanes of at least 4 members (excludes halogenated alkanes) is 1. The Morgan fingerprint density at radius 2 is 1.85 bits per heavy atom. The Hall–Kier alpha value is -2.28. The van der Waals surface area contributed by atoms with E-state index in [0.29, 0.717) is 5.13 Å². The molecule has 0 aliphatic carbocycles. The van der Waals surface area contributed by atoms with E-state index in [1.807, 2.05) is 37.3 Å². The number of amides is 2. The second-order valence-corrected chi connectivity index (χ2v) is 7.22. The molecule has 140 valence electrons. The highest BCUT2D eigenvalue weighted by Crippen LogP contribution is 2.25. The van der Waals surface area contributed by atoms with Crippen LogP contribution in [0.4, 0.5) is 5.13 Å². The molecule has 0 radical (unpaired) electrons. The molecule has 0 aliphatic rings. The van der Waals surface area contributed by atoms with Crippen LogP contribution in [0, 0.1) is 5.92 Å². The number of nitrogens with one attached hydrogen (secondary N) is 2. The monoisotopic (exact) mass is 374 g/mol. The van der Waals surface area contributed by atoms with E-state index in [4.69, 9.17) is 0 Å². The Balaban J connectivity index is 1.91. The van der Waals surface area contributed by atoms with Gasteiger partial charge in [-0.15, -0.1) is 10.2 Å². The van der Waals surface area contributed by atoms with E-state index >= 15 is 0 Å². The van der Waals surface area contributed by atoms with Crippen molar-refractivity contribution >= 4 is 28.3 Å². The maximum atomic E-state index is 12.3. The van der Waals surface area contributed by atoms with Crippen molar-refractivity contribution in [3.8, 4) is 10.6 Å². The second-order valence-electron chi connectivity index (χ2n) is 6.25. The first-order valence-electron chi connectivity index (χ1n) is 9.05. The highest BCUT2D eigenvalue weighted by Gasteiger charge is 2.22. The standard InChI is InChI=1S/C19H26N4O2S/c1-4-6-10-14(5-2)17(25)20-13(3)16(24)21-19-23-22-18(26-19)15-11-8-7-9-12-15/h7-9,11-14H,4-6,10H2,1-3H3,(H,20,25)(H,21,23,24)/t13-,14+/m1/s1. The van der Waals surface area contributed by atoms with Crippen LogP contribution in [0.15, 0.2) is 30.3 Å². The van der Waals surface area contributed by atoms with E-state index in [1.54, 1.807) is 6.92 Å². The van der Waals surface area contributed by atoms with E-state index in [1.165, 1.54) is 11.3 Å². The van der Waals surface area contributed by atoms with E-state index in [2.05, 4.69) is 27.8 Å². The zero-order chi connectivity index (χ0) is 18.9. The summed E-state index contributed by atoms with van der Waals surface area (Å²) in [6.45, 7) is 5.78. The Labute approximate surface area is 158 Å². The highest BCUT2D eigenvalue weighted by molar-refractivity contribution is 7.18. The van der Waals surface area contributed by atoms with Gasteiger partial charge < -0.3 is 5.32 Å². The zero-order valence-corrected chi connectivity index (χ0v) is 16.3. The maximum absolute atomic E-state index is 12.3. The summed E-state index contributed by atoms with van der Waals surface area (Å²) in [5.41, 5.74) is 0.952. The number of nitrogens with zero attached hydrogens (tertiary/aromatic N) is 2. The van der Waals surface area contributed by atoms with Crippen LogP contribution in [0.3, 0.4) is 0 Å². The first-order valence-corrected chi connectivity index (χ1v) is 9.86.